The van der Waals surface area contributed by atoms with Crippen molar-refractivity contribution < 1.29 is 13.5 Å². The normalized spacial score (nSPS) is 12.6. The summed E-state index contributed by atoms with van der Waals surface area (Å²) in [6.45, 7) is 9.45. The molecule has 1 N–H and O–H groups in total. The summed E-state index contributed by atoms with van der Waals surface area (Å²) in [5.74, 6) is -0.236. The third-order valence-corrected chi connectivity index (χ3v) is 9.89. The molecule has 55 heavy (non-hydrogen) atoms. The molecule has 0 fully saturated rings. The molecule has 7 rings (SSSR count). The molecule has 0 saturated heterocycles. The molecule has 284 valence electrons. The van der Waals surface area contributed by atoms with Crippen LogP contribution in [-0.4, -0.2) is 49.5 Å². The van der Waals surface area contributed by atoms with Gasteiger partial charge in [0.25, 0.3) is 0 Å². The summed E-state index contributed by atoms with van der Waals surface area (Å²) in [7, 11) is 3.53. The molecule has 0 radical (unpaired) electrons. The summed E-state index contributed by atoms with van der Waals surface area (Å²) in [6, 6.07) is 14.7. The first kappa shape index (κ1) is 37.6. The topological polar surface area (TPSA) is 118 Å². The molecule has 4 aromatic heterocycles. The van der Waals surface area contributed by atoms with Crippen molar-refractivity contribution >= 4 is 21.6 Å². The average molecular weight is 811 g/mol. The second-order valence-corrected chi connectivity index (χ2v) is 14.4. The number of ether oxygens (including phenoxy) is 1. The zero-order valence-electron chi connectivity index (χ0n) is 31.5. The molecule has 2 atom stereocenters. The summed E-state index contributed by atoms with van der Waals surface area (Å²) in [5.41, 5.74) is 8.16. The fourth-order valence-electron chi connectivity index (χ4n) is 6.75. The van der Waals surface area contributed by atoms with Gasteiger partial charge in [0.15, 0.2) is 0 Å². The molecule has 0 amide bonds. The number of hydrogen-bond donors (Lipinski definition) is 1. The SMILES string of the molecule is CCn1cc(Cc2nn(C)nc2-c2cc(F)ccc2[C@@H](C)Nc2ccc(Br)cc2O[C@H](C)c2cc(F)ccc2-c2nn(C)nc2Cc2cnn(CC)c2)cn1. The minimum atomic E-state index is -0.603. The van der Waals surface area contributed by atoms with Crippen LogP contribution in [0.2, 0.25) is 0 Å². The van der Waals surface area contributed by atoms with E-state index in [1.807, 2.05) is 80.0 Å². The van der Waals surface area contributed by atoms with E-state index >= 15 is 0 Å². The summed E-state index contributed by atoms with van der Waals surface area (Å²) in [6.07, 6.45) is 8.01. The number of halogens is 3. The fourth-order valence-corrected chi connectivity index (χ4v) is 7.09. The Morgan fingerprint density at radius 3 is 1.89 bits per heavy atom. The van der Waals surface area contributed by atoms with Crippen LogP contribution in [0.5, 0.6) is 5.75 Å². The Bertz CT molecular complexity index is 2450. The first-order valence-corrected chi connectivity index (χ1v) is 18.9. The Balaban J connectivity index is 1.18. The highest BCUT2D eigenvalue weighted by Gasteiger charge is 2.24. The van der Waals surface area contributed by atoms with E-state index in [2.05, 4.69) is 46.7 Å². The molecule has 0 aliphatic carbocycles. The summed E-state index contributed by atoms with van der Waals surface area (Å²) in [4.78, 5) is 3.04. The van der Waals surface area contributed by atoms with Crippen LogP contribution in [0.3, 0.4) is 0 Å². The summed E-state index contributed by atoms with van der Waals surface area (Å²) < 4.78 is 41.1. The van der Waals surface area contributed by atoms with Gasteiger partial charge in [0.2, 0.25) is 0 Å². The van der Waals surface area contributed by atoms with Crippen molar-refractivity contribution in [1.82, 2.24) is 49.5 Å². The summed E-state index contributed by atoms with van der Waals surface area (Å²) >= 11 is 3.60. The fraction of sp³-hybridized carbons (Fsp3) is 0.300. The molecular formula is C40H42BrF2N11O. The second kappa shape index (κ2) is 16.0. The summed E-state index contributed by atoms with van der Waals surface area (Å²) in [5, 5.41) is 31.1. The molecular weight excluding hydrogens is 768 g/mol. The Labute approximate surface area is 326 Å². The molecule has 0 spiro atoms. The van der Waals surface area contributed by atoms with Crippen molar-refractivity contribution in [2.24, 2.45) is 14.1 Å². The molecule has 0 bridgehead atoms. The predicted octanol–water partition coefficient (Wildman–Crippen LogP) is 8.25. The monoisotopic (exact) mass is 809 g/mol. The Kier molecular flexibility index (Phi) is 10.9. The molecule has 0 aliphatic heterocycles. The van der Waals surface area contributed by atoms with Crippen LogP contribution in [0, 0.1) is 11.6 Å². The largest absolute Gasteiger partial charge is 0.484 e. The van der Waals surface area contributed by atoms with Gasteiger partial charge in [0.1, 0.15) is 34.9 Å². The van der Waals surface area contributed by atoms with Crippen LogP contribution in [0.1, 0.15) is 73.5 Å². The molecule has 7 aromatic rings. The van der Waals surface area contributed by atoms with E-state index in [4.69, 9.17) is 9.84 Å². The number of rotatable bonds is 14. The molecule has 0 aliphatic rings. The van der Waals surface area contributed by atoms with Crippen molar-refractivity contribution in [3.05, 3.63) is 129 Å². The lowest BCUT2D eigenvalue weighted by Crippen LogP contribution is -2.12. The Morgan fingerprint density at radius 1 is 0.709 bits per heavy atom. The number of aryl methyl sites for hydroxylation is 4. The highest BCUT2D eigenvalue weighted by Crippen LogP contribution is 2.39. The minimum absolute atomic E-state index is 0.323. The lowest BCUT2D eigenvalue weighted by molar-refractivity contribution is 0.228. The van der Waals surface area contributed by atoms with E-state index in [1.165, 1.54) is 33.9 Å². The van der Waals surface area contributed by atoms with Crippen molar-refractivity contribution in [2.75, 3.05) is 5.32 Å². The van der Waals surface area contributed by atoms with E-state index < -0.39 is 11.9 Å². The van der Waals surface area contributed by atoms with Gasteiger partial charge in [-0.3, -0.25) is 9.36 Å². The lowest BCUT2D eigenvalue weighted by atomic mass is 9.96. The van der Waals surface area contributed by atoms with Gasteiger partial charge in [0.05, 0.1) is 29.5 Å². The van der Waals surface area contributed by atoms with E-state index in [0.29, 0.717) is 52.5 Å². The van der Waals surface area contributed by atoms with Gasteiger partial charge in [-0.1, -0.05) is 22.0 Å². The minimum Gasteiger partial charge on any atom is -0.484 e. The lowest BCUT2D eigenvalue weighted by Gasteiger charge is -2.24. The van der Waals surface area contributed by atoms with Crippen LogP contribution in [-0.2, 0) is 40.0 Å². The third kappa shape index (κ3) is 8.36. The van der Waals surface area contributed by atoms with Crippen LogP contribution in [0.25, 0.3) is 22.5 Å². The van der Waals surface area contributed by atoms with Crippen LogP contribution >= 0.6 is 15.9 Å². The number of nitrogens with zero attached hydrogens (tertiary/aromatic N) is 10. The highest BCUT2D eigenvalue weighted by molar-refractivity contribution is 9.10. The average Bonchev–Trinajstić information content (AvgIpc) is 3.97. The quantitative estimate of drug-likeness (QED) is 0.117. The van der Waals surface area contributed by atoms with Crippen LogP contribution in [0.15, 0.2) is 83.9 Å². The van der Waals surface area contributed by atoms with Crippen molar-refractivity contribution in [3.63, 3.8) is 0 Å². The molecule has 4 heterocycles. The van der Waals surface area contributed by atoms with Crippen molar-refractivity contribution in [2.45, 2.75) is 65.8 Å². The van der Waals surface area contributed by atoms with Gasteiger partial charge in [-0.2, -0.15) is 40.2 Å². The van der Waals surface area contributed by atoms with Crippen molar-refractivity contribution in [1.29, 1.82) is 0 Å². The molecule has 3 aromatic carbocycles. The van der Waals surface area contributed by atoms with E-state index in [1.54, 1.807) is 26.2 Å². The number of anilines is 1. The molecule has 0 saturated carbocycles. The first-order chi connectivity index (χ1) is 26.5. The van der Waals surface area contributed by atoms with E-state index in [-0.39, 0.29) is 11.9 Å². The number of nitrogens with one attached hydrogen (secondary N) is 1. The maximum Gasteiger partial charge on any atom is 0.144 e. The first-order valence-electron chi connectivity index (χ1n) is 18.1. The van der Waals surface area contributed by atoms with E-state index in [0.717, 1.165) is 45.5 Å². The smallest absolute Gasteiger partial charge is 0.144 e. The second-order valence-electron chi connectivity index (χ2n) is 13.5. The standard InChI is InChI=1S/C40H42BrF2N11O/c1-7-53-22-26(20-44-53)15-36-39(49-51(5)47-36)32-13-11-29(42)18-33(32)25(4)55-38-17-28(41)9-14-35(38)46-24(3)31-12-10-30(43)19-34(31)40-37(48-52(6)50-40)16-27-21-45-54(8-2)23-27/h9-14,17-25,46H,7-8,15-16H2,1-6H3/t24-,25-/m1/s1. The zero-order valence-corrected chi connectivity index (χ0v) is 33.1. The molecule has 12 nitrogen and oxygen atoms in total. The Morgan fingerprint density at radius 2 is 1.29 bits per heavy atom. The highest BCUT2D eigenvalue weighted by atomic mass is 79.9. The third-order valence-electron chi connectivity index (χ3n) is 9.39. The van der Waals surface area contributed by atoms with Gasteiger partial charge in [-0.25, -0.2) is 8.78 Å². The molecule has 15 heteroatoms. The van der Waals surface area contributed by atoms with E-state index in [9.17, 15) is 8.78 Å². The molecule has 0 unspecified atom stereocenters. The number of aromatic nitrogens is 10. The van der Waals surface area contributed by atoms with Crippen LogP contribution < -0.4 is 10.1 Å². The van der Waals surface area contributed by atoms with Gasteiger partial charge in [-0.15, -0.1) is 0 Å². The maximum absolute atomic E-state index is 15.0. The predicted molar refractivity (Wildman–Crippen MR) is 209 cm³/mol. The van der Waals surface area contributed by atoms with Gasteiger partial charge < -0.3 is 10.1 Å². The van der Waals surface area contributed by atoms with Gasteiger partial charge in [-0.05, 0) is 92.9 Å². The van der Waals surface area contributed by atoms with Crippen LogP contribution in [0.4, 0.5) is 14.5 Å². The van der Waals surface area contributed by atoms with Crippen molar-refractivity contribution in [3.8, 4) is 28.3 Å². The Hall–Kier alpha value is -5.70. The number of hydrogen-bond acceptors (Lipinski definition) is 8. The maximum atomic E-state index is 15.0. The van der Waals surface area contributed by atoms with Gasteiger partial charge in [0, 0.05) is 79.6 Å². The zero-order chi connectivity index (χ0) is 38.8. The van der Waals surface area contributed by atoms with Gasteiger partial charge >= 0.3 is 0 Å². The number of benzene rings is 3.